The van der Waals surface area contributed by atoms with Gasteiger partial charge in [0.2, 0.25) is 11.8 Å². The maximum Gasteiger partial charge on any atom is 0.410 e. The number of carboxylic acid groups (broad SMARTS) is 1. The maximum atomic E-state index is 13.4. The molecular weight excluding hydrogens is 773 g/mol. The molecule has 1 aliphatic heterocycles. The van der Waals surface area contributed by atoms with Crippen LogP contribution in [-0.2, 0) is 34.5 Å². The molecule has 2 amide bonds. The SMILES string of the molecule is COc1nc(-c2cccc(-c3cccc(-c4cc5c(=O)n(C)c(CNC6(C(=O)O)CC6)nn5c4)c3Cl)c2Cl)ccc1CN(C[C@@H]1CCC(=O)N1)C(=O)OC(C)(C)C. The fourth-order valence-corrected chi connectivity index (χ4v) is 7.61. The zero-order valence-corrected chi connectivity index (χ0v) is 33.7. The number of nitrogens with one attached hydrogen (secondary N) is 2. The van der Waals surface area contributed by atoms with Crippen LogP contribution in [0.1, 0.15) is 57.8 Å². The van der Waals surface area contributed by atoms with Crippen molar-refractivity contribution >= 4 is 46.7 Å². The zero-order valence-electron chi connectivity index (χ0n) is 32.2. The van der Waals surface area contributed by atoms with Crippen LogP contribution in [0.2, 0.25) is 10.0 Å². The molecule has 3 aromatic heterocycles. The molecule has 7 rings (SSSR count). The summed E-state index contributed by atoms with van der Waals surface area (Å²) in [5.41, 5.74) is 2.76. The Labute approximate surface area is 338 Å². The highest BCUT2D eigenvalue weighted by molar-refractivity contribution is 6.39. The van der Waals surface area contributed by atoms with Crippen LogP contribution in [0.25, 0.3) is 39.0 Å². The molecule has 1 saturated carbocycles. The number of nitrogens with zero attached hydrogens (tertiary/aromatic N) is 5. The minimum Gasteiger partial charge on any atom is -0.481 e. The molecule has 14 nitrogen and oxygen atoms in total. The third-order valence-corrected chi connectivity index (χ3v) is 11.0. The standard InChI is InChI=1S/C41H43Cl2N7O7/c1-40(2,3)57-39(55)49(22-25-13-15-33(51)45-25)20-23-12-14-30(46-36(23)56-5)29-11-7-10-28(35(29)43)27-9-6-8-26(34(27)42)24-18-31-37(52)48(4)32(47-50(31)21-24)19-44-41(16-17-41)38(53)54/h6-12,14,18,21,25,44H,13,15-17,19-20,22H2,1-5H3,(H,45,51)(H,53,54)/t25-/m0/s1. The lowest BCUT2D eigenvalue weighted by atomic mass is 9.97. The van der Waals surface area contributed by atoms with Crippen molar-refractivity contribution in [3.8, 4) is 39.4 Å². The summed E-state index contributed by atoms with van der Waals surface area (Å²) in [4.78, 5) is 56.6. The average molecular weight is 817 g/mol. The highest BCUT2D eigenvalue weighted by Crippen LogP contribution is 2.43. The fraction of sp³-hybridized carbons (Fsp3) is 0.366. The van der Waals surface area contributed by atoms with Gasteiger partial charge in [-0.15, -0.1) is 0 Å². The molecule has 0 radical (unpaired) electrons. The summed E-state index contributed by atoms with van der Waals surface area (Å²) in [7, 11) is 3.11. The number of methoxy groups -OCH3 is 1. The van der Waals surface area contributed by atoms with E-state index in [4.69, 9.17) is 37.7 Å². The van der Waals surface area contributed by atoms with Crippen LogP contribution in [0.5, 0.6) is 5.88 Å². The van der Waals surface area contributed by atoms with Gasteiger partial charge in [0.1, 0.15) is 22.5 Å². The first-order valence-electron chi connectivity index (χ1n) is 18.5. The molecule has 1 atom stereocenters. The van der Waals surface area contributed by atoms with Gasteiger partial charge in [0.15, 0.2) is 0 Å². The van der Waals surface area contributed by atoms with Gasteiger partial charge < -0.3 is 24.8 Å². The predicted octanol–water partition coefficient (Wildman–Crippen LogP) is 6.47. The van der Waals surface area contributed by atoms with Crippen molar-refractivity contribution in [2.75, 3.05) is 13.7 Å². The maximum absolute atomic E-state index is 13.4. The van der Waals surface area contributed by atoms with Gasteiger partial charge in [-0.25, -0.2) is 14.3 Å². The topological polar surface area (TPSA) is 169 Å². The van der Waals surface area contributed by atoms with Gasteiger partial charge in [-0.1, -0.05) is 59.6 Å². The molecule has 0 bridgehead atoms. The number of hydrogen-bond donors (Lipinski definition) is 3. The minimum atomic E-state index is -0.978. The molecule has 2 aliphatic rings. The van der Waals surface area contributed by atoms with Gasteiger partial charge in [-0.05, 0) is 58.2 Å². The predicted molar refractivity (Wildman–Crippen MR) is 215 cm³/mol. The number of aliphatic carboxylic acids is 1. The number of hydrogen-bond acceptors (Lipinski definition) is 9. The first-order chi connectivity index (χ1) is 27.1. The van der Waals surface area contributed by atoms with E-state index in [9.17, 15) is 24.3 Å². The molecule has 298 valence electrons. The number of pyridine rings is 1. The van der Waals surface area contributed by atoms with Gasteiger partial charge >= 0.3 is 12.1 Å². The quantitative estimate of drug-likeness (QED) is 0.127. The van der Waals surface area contributed by atoms with Crippen molar-refractivity contribution in [1.29, 1.82) is 0 Å². The number of carbonyl (C=O) groups excluding carboxylic acids is 2. The van der Waals surface area contributed by atoms with Crippen molar-refractivity contribution in [1.82, 2.24) is 34.7 Å². The Morgan fingerprint density at radius 3 is 2.32 bits per heavy atom. The lowest BCUT2D eigenvalue weighted by Gasteiger charge is -2.29. The van der Waals surface area contributed by atoms with E-state index in [0.717, 1.165) is 0 Å². The monoisotopic (exact) mass is 815 g/mol. The van der Waals surface area contributed by atoms with Crippen LogP contribution >= 0.6 is 23.2 Å². The van der Waals surface area contributed by atoms with Crippen LogP contribution in [0.3, 0.4) is 0 Å². The van der Waals surface area contributed by atoms with Gasteiger partial charge in [0, 0.05) is 65.6 Å². The number of ether oxygens (including phenoxy) is 2. The lowest BCUT2D eigenvalue weighted by Crippen LogP contribution is -2.43. The Morgan fingerprint density at radius 1 is 1.04 bits per heavy atom. The number of aromatic nitrogens is 4. The molecule has 3 N–H and O–H groups in total. The Hall–Kier alpha value is -5.44. The third kappa shape index (κ3) is 8.20. The third-order valence-electron chi connectivity index (χ3n) is 10.2. The highest BCUT2D eigenvalue weighted by Gasteiger charge is 2.50. The van der Waals surface area contributed by atoms with E-state index in [-0.39, 0.29) is 37.1 Å². The summed E-state index contributed by atoms with van der Waals surface area (Å²) >= 11 is 14.3. The first-order valence-corrected chi connectivity index (χ1v) is 19.3. The Balaban J connectivity index is 1.17. The van der Waals surface area contributed by atoms with Gasteiger partial charge in [0.25, 0.3) is 5.56 Å². The second-order valence-corrected chi connectivity index (χ2v) is 16.2. The second-order valence-electron chi connectivity index (χ2n) is 15.4. The number of benzene rings is 2. The fourth-order valence-electron chi connectivity index (χ4n) is 6.95. The number of carboxylic acids is 1. The highest BCUT2D eigenvalue weighted by atomic mass is 35.5. The van der Waals surface area contributed by atoms with E-state index in [0.29, 0.717) is 92.0 Å². The summed E-state index contributed by atoms with van der Waals surface area (Å²) in [6.45, 7) is 5.91. The molecule has 2 aromatic carbocycles. The van der Waals surface area contributed by atoms with Crippen LogP contribution in [0.15, 0.2) is 65.6 Å². The molecule has 2 fully saturated rings. The van der Waals surface area contributed by atoms with Crippen LogP contribution < -0.4 is 20.9 Å². The normalized spacial score (nSPS) is 16.1. The summed E-state index contributed by atoms with van der Waals surface area (Å²) in [5.74, 6) is -0.277. The molecule has 16 heteroatoms. The van der Waals surface area contributed by atoms with Crippen LogP contribution in [0, 0.1) is 0 Å². The van der Waals surface area contributed by atoms with Crippen molar-refractivity contribution in [2.45, 2.75) is 76.7 Å². The van der Waals surface area contributed by atoms with Gasteiger partial charge in [-0.3, -0.25) is 24.3 Å². The summed E-state index contributed by atoms with van der Waals surface area (Å²) in [6.07, 6.45) is 3.26. The van der Waals surface area contributed by atoms with Crippen molar-refractivity contribution in [3.05, 3.63) is 92.6 Å². The van der Waals surface area contributed by atoms with E-state index in [1.807, 2.05) is 48.5 Å². The summed E-state index contributed by atoms with van der Waals surface area (Å²) in [5, 5.41) is 21.0. The van der Waals surface area contributed by atoms with Gasteiger partial charge in [0.05, 0.1) is 35.9 Å². The molecule has 1 saturated heterocycles. The molecule has 57 heavy (non-hydrogen) atoms. The number of fused-ring (bicyclic) bond motifs is 1. The second kappa shape index (κ2) is 15.5. The Kier molecular flexibility index (Phi) is 10.8. The number of rotatable bonds is 12. The Morgan fingerprint density at radius 2 is 1.70 bits per heavy atom. The minimum absolute atomic E-state index is 0.0480. The molecule has 1 aliphatic carbocycles. The molecule has 5 aromatic rings. The number of amides is 2. The Bertz CT molecular complexity index is 2470. The molecule has 0 unspecified atom stereocenters. The molecule has 0 spiro atoms. The summed E-state index contributed by atoms with van der Waals surface area (Å²) in [6, 6.07) is 16.3. The van der Waals surface area contributed by atoms with E-state index in [1.165, 1.54) is 16.2 Å². The zero-order chi connectivity index (χ0) is 40.8. The van der Waals surface area contributed by atoms with E-state index >= 15 is 0 Å². The number of carbonyl (C=O) groups is 3. The van der Waals surface area contributed by atoms with E-state index in [1.54, 1.807) is 45.0 Å². The first kappa shape index (κ1) is 39.8. The van der Waals surface area contributed by atoms with Gasteiger partial charge in [-0.2, -0.15) is 5.10 Å². The number of halogens is 2. The van der Waals surface area contributed by atoms with Crippen LogP contribution in [0.4, 0.5) is 4.79 Å². The smallest absolute Gasteiger partial charge is 0.410 e. The molecule has 4 heterocycles. The van der Waals surface area contributed by atoms with Crippen molar-refractivity contribution in [3.63, 3.8) is 0 Å². The summed E-state index contributed by atoms with van der Waals surface area (Å²) < 4.78 is 14.3. The lowest BCUT2D eigenvalue weighted by molar-refractivity contribution is -0.140. The average Bonchev–Trinajstić information content (AvgIpc) is 3.68. The van der Waals surface area contributed by atoms with E-state index < -0.39 is 23.2 Å². The van der Waals surface area contributed by atoms with Crippen molar-refractivity contribution in [2.24, 2.45) is 7.05 Å². The van der Waals surface area contributed by atoms with Crippen molar-refractivity contribution < 1.29 is 29.0 Å². The largest absolute Gasteiger partial charge is 0.481 e. The van der Waals surface area contributed by atoms with Crippen LogP contribution in [-0.4, -0.2) is 78.0 Å². The van der Waals surface area contributed by atoms with E-state index in [2.05, 4.69) is 15.7 Å². The molecular formula is C41H43Cl2N7O7.